The van der Waals surface area contributed by atoms with Crippen molar-refractivity contribution in [3.63, 3.8) is 0 Å². The van der Waals surface area contributed by atoms with Crippen LogP contribution in [0.2, 0.25) is 0 Å². The van der Waals surface area contributed by atoms with Crippen LogP contribution >= 0.6 is 27.7 Å². The lowest BCUT2D eigenvalue weighted by atomic mass is 10.2. The van der Waals surface area contributed by atoms with Gasteiger partial charge >= 0.3 is 0 Å². The highest BCUT2D eigenvalue weighted by molar-refractivity contribution is 9.10. The third-order valence-electron chi connectivity index (χ3n) is 3.84. The molecule has 0 aliphatic carbocycles. The van der Waals surface area contributed by atoms with E-state index in [-0.39, 0.29) is 17.7 Å². The zero-order valence-corrected chi connectivity index (χ0v) is 19.9. The Balaban J connectivity index is 2.67. The van der Waals surface area contributed by atoms with E-state index in [0.29, 0.717) is 0 Å². The van der Waals surface area contributed by atoms with Crippen LogP contribution in [0.4, 0.5) is 0 Å². The van der Waals surface area contributed by atoms with Crippen LogP contribution in [-0.4, -0.2) is 47.1 Å². The molecule has 158 valence electrons. The molecule has 1 rings (SSSR count). The number of nitrogens with one attached hydrogen (secondary N) is 1. The molecular weight excluding hydrogens is 448 g/mol. The van der Waals surface area contributed by atoms with Crippen molar-refractivity contribution in [1.29, 1.82) is 0 Å². The number of aliphatic imine (C=N–C) groups is 1. The molecule has 29 heavy (non-hydrogen) atoms. The Labute approximate surface area is 187 Å². The van der Waals surface area contributed by atoms with E-state index in [0.717, 1.165) is 41.1 Å². The summed E-state index contributed by atoms with van der Waals surface area (Å²) in [6, 6.07) is 7.69. The summed E-state index contributed by atoms with van der Waals surface area (Å²) in [5, 5.41) is 4.87. The molecule has 0 aliphatic rings. The fourth-order valence-corrected chi connectivity index (χ4v) is 3.56. The summed E-state index contributed by atoms with van der Waals surface area (Å²) in [7, 11) is 0. The second-order valence-corrected chi connectivity index (χ2v) is 8.18. The third-order valence-corrected chi connectivity index (χ3v) is 5.36. The van der Waals surface area contributed by atoms with E-state index in [1.54, 1.807) is 12.3 Å². The maximum absolute atomic E-state index is 12.2. The minimum atomic E-state index is -0.169. The Hall–Kier alpha value is -1.86. The number of unbranched alkanes of at least 4 members (excludes halogenated alkanes) is 1. The minimum absolute atomic E-state index is 0.0104. The van der Waals surface area contributed by atoms with Gasteiger partial charge in [-0.05, 0) is 38.0 Å². The molecule has 1 amide bonds. The Morgan fingerprint density at radius 3 is 2.83 bits per heavy atom. The van der Waals surface area contributed by atoms with Crippen molar-refractivity contribution in [3.05, 3.63) is 59.1 Å². The predicted octanol–water partition coefficient (Wildman–Crippen LogP) is 5.24. The number of amidine groups is 1. The second kappa shape index (κ2) is 15.0. The molecule has 1 N–H and O–H groups in total. The first-order chi connectivity index (χ1) is 14.0. The average Bonchev–Trinajstić information content (AvgIpc) is 2.71. The van der Waals surface area contributed by atoms with Gasteiger partial charge in [0.1, 0.15) is 0 Å². The molecule has 0 saturated heterocycles. The third kappa shape index (κ3) is 11.0. The number of carbonyl (C=O) groups is 1. The minimum Gasteiger partial charge on any atom is -0.348 e. The molecule has 5 nitrogen and oxygen atoms in total. The number of nitrogens with zero attached hydrogens (tertiary/aromatic N) is 3. The number of hydrazone groups is 1. The summed E-state index contributed by atoms with van der Waals surface area (Å²) in [6.45, 7) is 11.6. The fourth-order valence-electron chi connectivity index (χ4n) is 2.19. The first kappa shape index (κ1) is 25.2. The molecule has 7 heteroatoms. The maximum Gasteiger partial charge on any atom is 0.250 e. The quantitative estimate of drug-likeness (QED) is 0.204. The smallest absolute Gasteiger partial charge is 0.250 e. The topological polar surface area (TPSA) is 57.1 Å². The average molecular weight is 479 g/mol. The molecule has 0 fully saturated rings. The standard InChI is InChI=1S/C22H31BrN4OS/c1-5-8-9-10-14-27(7-3)22(25-18(4)6-2)29-17-21(28)26-24-16-19-12-11-13-20(23)15-19/h6,9-13,15-16,18H,2,5,7-8,14,17H2,1,3-4H3,(H,26,28)/b10-9-,24-16+,25-22?. The lowest BCUT2D eigenvalue weighted by molar-refractivity contribution is -0.118. The Kier molecular flexibility index (Phi) is 13.1. The Morgan fingerprint density at radius 1 is 1.38 bits per heavy atom. The normalized spacial score (nSPS) is 13.0. The SMILES string of the molecule is C=CC(C)N=C(SCC(=O)N/N=C/c1cccc(Br)c1)N(CC)C/C=C\CCC. The van der Waals surface area contributed by atoms with Crippen molar-refractivity contribution in [1.82, 2.24) is 10.3 Å². The molecule has 0 saturated carbocycles. The summed E-state index contributed by atoms with van der Waals surface area (Å²) >= 11 is 4.83. The highest BCUT2D eigenvalue weighted by Crippen LogP contribution is 2.12. The van der Waals surface area contributed by atoms with Crippen molar-refractivity contribution >= 4 is 45.0 Å². The van der Waals surface area contributed by atoms with Crippen LogP contribution in [0.5, 0.6) is 0 Å². The van der Waals surface area contributed by atoms with Gasteiger partial charge in [-0.2, -0.15) is 5.10 Å². The van der Waals surface area contributed by atoms with Crippen molar-refractivity contribution < 1.29 is 4.79 Å². The number of hydrogen-bond acceptors (Lipinski definition) is 4. The van der Waals surface area contributed by atoms with Gasteiger partial charge in [-0.15, -0.1) is 6.58 Å². The highest BCUT2D eigenvalue weighted by Gasteiger charge is 2.12. The molecule has 1 unspecified atom stereocenters. The van der Waals surface area contributed by atoms with Gasteiger partial charge in [0.25, 0.3) is 5.91 Å². The van der Waals surface area contributed by atoms with E-state index in [2.05, 4.69) is 63.9 Å². The van der Waals surface area contributed by atoms with E-state index < -0.39 is 0 Å². The van der Waals surface area contributed by atoms with E-state index in [4.69, 9.17) is 4.99 Å². The van der Waals surface area contributed by atoms with Gasteiger partial charge in [0.15, 0.2) is 5.17 Å². The number of thioether (sulfide) groups is 1. The van der Waals surface area contributed by atoms with Gasteiger partial charge in [0.05, 0.1) is 18.0 Å². The molecular formula is C22H31BrN4OS. The summed E-state index contributed by atoms with van der Waals surface area (Å²) < 4.78 is 0.966. The molecule has 1 atom stereocenters. The van der Waals surface area contributed by atoms with Crippen LogP contribution < -0.4 is 5.43 Å². The van der Waals surface area contributed by atoms with Gasteiger partial charge in [0.2, 0.25) is 0 Å². The van der Waals surface area contributed by atoms with Crippen molar-refractivity contribution in [2.45, 2.75) is 39.7 Å². The number of halogens is 1. The number of hydrogen-bond donors (Lipinski definition) is 1. The Morgan fingerprint density at radius 2 is 2.17 bits per heavy atom. The second-order valence-electron chi connectivity index (χ2n) is 6.32. The number of benzene rings is 1. The molecule has 0 aliphatic heterocycles. The lowest BCUT2D eigenvalue weighted by Crippen LogP contribution is -2.31. The van der Waals surface area contributed by atoms with E-state index in [9.17, 15) is 4.79 Å². The number of amides is 1. The number of rotatable bonds is 11. The zero-order valence-electron chi connectivity index (χ0n) is 17.5. The van der Waals surface area contributed by atoms with E-state index in [1.807, 2.05) is 31.2 Å². The van der Waals surface area contributed by atoms with E-state index >= 15 is 0 Å². The molecule has 0 spiro atoms. The monoisotopic (exact) mass is 478 g/mol. The number of carbonyl (C=O) groups excluding carboxylic acids is 1. The fraction of sp³-hybridized carbons (Fsp3) is 0.409. The van der Waals surface area contributed by atoms with Gasteiger partial charge in [-0.1, -0.05) is 71.4 Å². The largest absolute Gasteiger partial charge is 0.348 e. The van der Waals surface area contributed by atoms with Gasteiger partial charge in [-0.25, -0.2) is 5.43 Å². The van der Waals surface area contributed by atoms with Crippen LogP contribution in [0.15, 0.2) is 63.6 Å². The van der Waals surface area contributed by atoms with Crippen LogP contribution in [0.25, 0.3) is 0 Å². The van der Waals surface area contributed by atoms with Gasteiger partial charge in [-0.3, -0.25) is 9.79 Å². The van der Waals surface area contributed by atoms with Crippen molar-refractivity contribution in [2.24, 2.45) is 10.1 Å². The molecule has 1 aromatic rings. The summed E-state index contributed by atoms with van der Waals surface area (Å²) in [6.07, 6.45) is 9.96. The van der Waals surface area contributed by atoms with Crippen molar-refractivity contribution in [2.75, 3.05) is 18.8 Å². The molecule has 0 aromatic heterocycles. The molecule has 0 bridgehead atoms. The summed E-state index contributed by atoms with van der Waals surface area (Å²) in [5.41, 5.74) is 3.48. The number of likely N-dealkylation sites (N-methyl/N-ethyl adjacent to an activating group) is 1. The predicted molar refractivity (Wildman–Crippen MR) is 131 cm³/mol. The zero-order chi connectivity index (χ0) is 21.5. The van der Waals surface area contributed by atoms with Gasteiger partial charge < -0.3 is 4.90 Å². The van der Waals surface area contributed by atoms with Crippen LogP contribution in [0, 0.1) is 0 Å². The number of allylic oxidation sites excluding steroid dienone is 1. The first-order valence-electron chi connectivity index (χ1n) is 9.80. The highest BCUT2D eigenvalue weighted by atomic mass is 79.9. The molecule has 0 radical (unpaired) electrons. The van der Waals surface area contributed by atoms with Crippen LogP contribution in [0.1, 0.15) is 39.2 Å². The Bertz CT molecular complexity index is 733. The van der Waals surface area contributed by atoms with Crippen LogP contribution in [-0.2, 0) is 4.79 Å². The summed E-state index contributed by atoms with van der Waals surface area (Å²) in [5.74, 6) is 0.0750. The molecule has 0 heterocycles. The van der Waals surface area contributed by atoms with E-state index in [1.165, 1.54) is 11.8 Å². The maximum atomic E-state index is 12.2. The lowest BCUT2D eigenvalue weighted by Gasteiger charge is -2.23. The first-order valence-corrected chi connectivity index (χ1v) is 11.6. The summed E-state index contributed by atoms with van der Waals surface area (Å²) in [4.78, 5) is 19.1. The van der Waals surface area contributed by atoms with Gasteiger partial charge in [0, 0.05) is 17.6 Å². The molecule has 1 aromatic carbocycles. The van der Waals surface area contributed by atoms with Crippen molar-refractivity contribution in [3.8, 4) is 0 Å². The van der Waals surface area contributed by atoms with Crippen LogP contribution in [0.3, 0.4) is 0 Å².